The lowest BCUT2D eigenvalue weighted by atomic mass is 10.1. The van der Waals surface area contributed by atoms with Crippen LogP contribution < -0.4 is 10.5 Å². The molecule has 0 amide bonds. The maximum atomic E-state index is 5.84. The molecule has 2 N–H and O–H groups in total. The molecule has 21 heavy (non-hydrogen) atoms. The molecule has 2 aromatic rings. The van der Waals surface area contributed by atoms with Gasteiger partial charge < -0.3 is 15.4 Å². The van der Waals surface area contributed by atoms with Crippen LogP contribution in [0.1, 0.15) is 17.5 Å². The van der Waals surface area contributed by atoms with Crippen molar-refractivity contribution >= 4 is 5.69 Å². The summed E-state index contributed by atoms with van der Waals surface area (Å²) in [6.07, 6.45) is 0.983. The van der Waals surface area contributed by atoms with E-state index < -0.39 is 0 Å². The third-order valence-corrected chi connectivity index (χ3v) is 3.40. The van der Waals surface area contributed by atoms with Crippen LogP contribution in [-0.4, -0.2) is 25.1 Å². The van der Waals surface area contributed by atoms with E-state index in [0.29, 0.717) is 12.3 Å². The number of benzene rings is 2. The van der Waals surface area contributed by atoms with Gasteiger partial charge in [-0.2, -0.15) is 0 Å². The number of para-hydroxylation sites is 2. The summed E-state index contributed by atoms with van der Waals surface area (Å²) in [5, 5.41) is 0. The fourth-order valence-corrected chi connectivity index (χ4v) is 2.33. The molecule has 0 spiro atoms. The minimum atomic E-state index is 0.687. The van der Waals surface area contributed by atoms with E-state index in [2.05, 4.69) is 43.1 Å². The lowest BCUT2D eigenvalue weighted by Crippen LogP contribution is -2.20. The molecule has 2 rings (SSSR count). The van der Waals surface area contributed by atoms with Crippen molar-refractivity contribution in [2.45, 2.75) is 19.9 Å². The third kappa shape index (κ3) is 5.12. The Balaban J connectivity index is 1.70. The van der Waals surface area contributed by atoms with E-state index in [9.17, 15) is 0 Å². The van der Waals surface area contributed by atoms with Crippen molar-refractivity contribution in [2.24, 2.45) is 0 Å². The topological polar surface area (TPSA) is 38.5 Å². The van der Waals surface area contributed by atoms with Gasteiger partial charge in [-0.1, -0.05) is 42.0 Å². The van der Waals surface area contributed by atoms with Gasteiger partial charge in [0, 0.05) is 13.1 Å². The van der Waals surface area contributed by atoms with E-state index >= 15 is 0 Å². The first kappa shape index (κ1) is 15.4. The SMILES string of the molecule is Cc1cccc(CN(C)CCCOc2ccccc2N)c1. The molecule has 0 saturated carbocycles. The summed E-state index contributed by atoms with van der Waals surface area (Å²) in [6, 6.07) is 16.3. The molecule has 3 nitrogen and oxygen atoms in total. The van der Waals surface area contributed by atoms with Gasteiger partial charge in [0.25, 0.3) is 0 Å². The second-order valence-corrected chi connectivity index (χ2v) is 5.47. The van der Waals surface area contributed by atoms with Gasteiger partial charge in [-0.3, -0.25) is 0 Å². The number of ether oxygens (including phenoxy) is 1. The quantitative estimate of drug-likeness (QED) is 0.625. The summed E-state index contributed by atoms with van der Waals surface area (Å²) in [5.74, 6) is 0.777. The summed E-state index contributed by atoms with van der Waals surface area (Å²) >= 11 is 0. The van der Waals surface area contributed by atoms with Gasteiger partial charge in [-0.15, -0.1) is 0 Å². The molecule has 0 saturated heterocycles. The number of aryl methyl sites for hydroxylation is 1. The van der Waals surface area contributed by atoms with Crippen LogP contribution in [0.15, 0.2) is 48.5 Å². The fourth-order valence-electron chi connectivity index (χ4n) is 2.33. The molecule has 0 atom stereocenters. The standard InChI is InChI=1S/C18H24N2O/c1-15-7-5-8-16(13-15)14-20(2)11-6-12-21-18-10-4-3-9-17(18)19/h3-5,7-10,13H,6,11-12,14,19H2,1-2H3. The van der Waals surface area contributed by atoms with Gasteiger partial charge in [0.15, 0.2) is 0 Å². The normalized spacial score (nSPS) is 10.8. The molecule has 112 valence electrons. The zero-order chi connectivity index (χ0) is 15.1. The summed E-state index contributed by atoms with van der Waals surface area (Å²) < 4.78 is 5.70. The van der Waals surface area contributed by atoms with Crippen molar-refractivity contribution in [1.29, 1.82) is 0 Å². The Labute approximate surface area is 127 Å². The molecular weight excluding hydrogens is 260 g/mol. The molecule has 0 aromatic heterocycles. The third-order valence-electron chi connectivity index (χ3n) is 3.40. The zero-order valence-electron chi connectivity index (χ0n) is 12.9. The first-order chi connectivity index (χ1) is 10.1. The highest BCUT2D eigenvalue weighted by Gasteiger charge is 2.02. The predicted molar refractivity (Wildman–Crippen MR) is 88.5 cm³/mol. The number of rotatable bonds is 7. The lowest BCUT2D eigenvalue weighted by molar-refractivity contribution is 0.259. The average Bonchev–Trinajstić information content (AvgIpc) is 2.45. The smallest absolute Gasteiger partial charge is 0.142 e. The van der Waals surface area contributed by atoms with Crippen LogP contribution in [0, 0.1) is 6.92 Å². The molecule has 3 heteroatoms. The van der Waals surface area contributed by atoms with Gasteiger partial charge >= 0.3 is 0 Å². The van der Waals surface area contributed by atoms with Crippen LogP contribution in [0.4, 0.5) is 5.69 Å². The summed E-state index contributed by atoms with van der Waals surface area (Å²) in [6.45, 7) is 4.78. The molecular formula is C18H24N2O. The number of nitrogen functional groups attached to an aromatic ring is 1. The number of hydrogen-bond donors (Lipinski definition) is 1. The second-order valence-electron chi connectivity index (χ2n) is 5.47. The van der Waals surface area contributed by atoms with Gasteiger partial charge in [0.1, 0.15) is 5.75 Å². The van der Waals surface area contributed by atoms with Crippen molar-refractivity contribution in [3.05, 3.63) is 59.7 Å². The maximum Gasteiger partial charge on any atom is 0.142 e. The molecule has 0 aliphatic carbocycles. The molecule has 0 unspecified atom stereocenters. The Hall–Kier alpha value is -2.00. The Morgan fingerprint density at radius 2 is 1.90 bits per heavy atom. The van der Waals surface area contributed by atoms with Crippen LogP contribution in [0.2, 0.25) is 0 Å². The number of anilines is 1. The van der Waals surface area contributed by atoms with Crippen molar-refractivity contribution in [2.75, 3.05) is 25.9 Å². The van der Waals surface area contributed by atoms with E-state index in [0.717, 1.165) is 25.3 Å². The molecule has 0 fully saturated rings. The van der Waals surface area contributed by atoms with E-state index in [1.54, 1.807) is 0 Å². The minimum absolute atomic E-state index is 0.687. The number of nitrogens with two attached hydrogens (primary N) is 1. The van der Waals surface area contributed by atoms with Gasteiger partial charge in [0.2, 0.25) is 0 Å². The fraction of sp³-hybridized carbons (Fsp3) is 0.333. The van der Waals surface area contributed by atoms with Crippen LogP contribution in [-0.2, 0) is 6.54 Å². The van der Waals surface area contributed by atoms with Gasteiger partial charge in [0.05, 0.1) is 12.3 Å². The highest BCUT2D eigenvalue weighted by molar-refractivity contribution is 5.51. The van der Waals surface area contributed by atoms with E-state index in [1.165, 1.54) is 11.1 Å². The van der Waals surface area contributed by atoms with Crippen LogP contribution in [0.3, 0.4) is 0 Å². The van der Waals surface area contributed by atoms with E-state index in [4.69, 9.17) is 10.5 Å². The first-order valence-electron chi connectivity index (χ1n) is 7.36. The Bertz CT molecular complexity index is 569. The highest BCUT2D eigenvalue weighted by Crippen LogP contribution is 2.19. The molecule has 0 aliphatic heterocycles. The summed E-state index contributed by atoms with van der Waals surface area (Å²) in [4.78, 5) is 2.31. The van der Waals surface area contributed by atoms with Crippen molar-refractivity contribution in [3.8, 4) is 5.75 Å². The first-order valence-corrected chi connectivity index (χ1v) is 7.36. The van der Waals surface area contributed by atoms with Crippen molar-refractivity contribution in [1.82, 2.24) is 4.90 Å². The maximum absolute atomic E-state index is 5.84. The Morgan fingerprint density at radius 3 is 2.67 bits per heavy atom. The van der Waals surface area contributed by atoms with Crippen LogP contribution in [0.5, 0.6) is 5.75 Å². The largest absolute Gasteiger partial charge is 0.491 e. The average molecular weight is 284 g/mol. The lowest BCUT2D eigenvalue weighted by Gasteiger charge is -2.17. The van der Waals surface area contributed by atoms with Gasteiger partial charge in [-0.25, -0.2) is 0 Å². The van der Waals surface area contributed by atoms with Crippen LogP contribution >= 0.6 is 0 Å². The van der Waals surface area contributed by atoms with E-state index in [-0.39, 0.29) is 0 Å². The van der Waals surface area contributed by atoms with Crippen LogP contribution in [0.25, 0.3) is 0 Å². The summed E-state index contributed by atoms with van der Waals surface area (Å²) in [5.41, 5.74) is 9.20. The Kier molecular flexibility index (Phi) is 5.64. The molecule has 0 bridgehead atoms. The highest BCUT2D eigenvalue weighted by atomic mass is 16.5. The molecule has 0 heterocycles. The monoisotopic (exact) mass is 284 g/mol. The van der Waals surface area contributed by atoms with Crippen molar-refractivity contribution in [3.63, 3.8) is 0 Å². The molecule has 0 aliphatic rings. The Morgan fingerprint density at radius 1 is 1.10 bits per heavy atom. The molecule has 2 aromatic carbocycles. The minimum Gasteiger partial charge on any atom is -0.491 e. The summed E-state index contributed by atoms with van der Waals surface area (Å²) in [7, 11) is 2.14. The van der Waals surface area contributed by atoms with Gasteiger partial charge in [-0.05, 0) is 38.1 Å². The number of hydrogen-bond acceptors (Lipinski definition) is 3. The van der Waals surface area contributed by atoms with E-state index in [1.807, 2.05) is 24.3 Å². The predicted octanol–water partition coefficient (Wildman–Crippen LogP) is 3.48. The second kappa shape index (κ2) is 7.70. The number of nitrogens with zero attached hydrogens (tertiary/aromatic N) is 1. The molecule has 0 radical (unpaired) electrons. The zero-order valence-corrected chi connectivity index (χ0v) is 12.9. The van der Waals surface area contributed by atoms with Crippen molar-refractivity contribution < 1.29 is 4.74 Å².